The molecule has 0 bridgehead atoms. The van der Waals surface area contributed by atoms with Crippen molar-refractivity contribution < 1.29 is 20.7 Å². The molecule has 1 aliphatic rings. The number of hydrogen-bond donors (Lipinski definition) is 0. The summed E-state index contributed by atoms with van der Waals surface area (Å²) in [6.07, 6.45) is 0. The summed E-state index contributed by atoms with van der Waals surface area (Å²) >= 11 is 2.60. The predicted molar refractivity (Wildman–Crippen MR) is 196 cm³/mol. The van der Waals surface area contributed by atoms with Crippen molar-refractivity contribution in [3.63, 3.8) is 0 Å². The number of fused-ring (bicyclic) bond motifs is 3. The third-order valence-electron chi connectivity index (χ3n) is 9.42. The Morgan fingerprint density at radius 2 is 0.830 bits per heavy atom. The Balaban J connectivity index is 1.34. The summed E-state index contributed by atoms with van der Waals surface area (Å²) in [5.41, 5.74) is 6.32. The van der Waals surface area contributed by atoms with Crippen LogP contribution in [-0.4, -0.2) is 22.1 Å². The van der Waals surface area contributed by atoms with Gasteiger partial charge in [-0.15, -0.1) is 0 Å². The number of halogens is 1. The molecule has 1 nitrogen and oxygen atoms in total. The van der Waals surface area contributed by atoms with Crippen molar-refractivity contribution in [1.29, 1.82) is 0 Å². The Morgan fingerprint density at radius 1 is 0.426 bits per heavy atom. The minimum absolute atomic E-state index is 0.416. The maximum atomic E-state index is 3.17. The molecule has 2 radical (unpaired) electrons. The van der Waals surface area contributed by atoms with E-state index in [0.717, 1.165) is 0 Å². The van der Waals surface area contributed by atoms with Gasteiger partial charge in [0.05, 0.1) is 0 Å². The third kappa shape index (κ3) is 5.03. The van der Waals surface area contributed by atoms with Crippen molar-refractivity contribution in [1.82, 2.24) is 0 Å². The van der Waals surface area contributed by atoms with Crippen molar-refractivity contribution in [3.8, 4) is 11.1 Å². The van der Waals surface area contributed by atoms with E-state index in [1.807, 2.05) is 0 Å². The molecule has 0 spiro atoms. The molecule has 0 aromatic heterocycles. The summed E-state index contributed by atoms with van der Waals surface area (Å²) in [5.74, 6) is 0. The van der Waals surface area contributed by atoms with E-state index in [2.05, 4.69) is 213 Å². The summed E-state index contributed by atoms with van der Waals surface area (Å²) in [5, 5.41) is 4.36. The molecule has 7 aromatic carbocycles. The van der Waals surface area contributed by atoms with Crippen LogP contribution in [0.15, 0.2) is 194 Å². The first-order valence-corrected chi connectivity index (χ1v) is 22.6. The second kappa shape index (κ2) is 12.8. The molecule has 224 valence electrons. The molecule has 0 saturated heterocycles. The van der Waals surface area contributed by atoms with Crippen LogP contribution >= 0.6 is 0 Å². The fourth-order valence-corrected chi connectivity index (χ4v) is 23.3. The van der Waals surface area contributed by atoms with Gasteiger partial charge in [0.15, 0.2) is 0 Å². The van der Waals surface area contributed by atoms with Gasteiger partial charge >= 0.3 is 299 Å². The minimum atomic E-state index is -2.41. The van der Waals surface area contributed by atoms with Crippen molar-refractivity contribution in [2.75, 3.05) is 2.10 Å². The normalized spacial score (nSPS) is 13.1. The van der Waals surface area contributed by atoms with Gasteiger partial charge in [-0.05, 0) is 0 Å². The first kappa shape index (κ1) is 30.2. The van der Waals surface area contributed by atoms with Gasteiger partial charge in [-0.2, -0.15) is 0 Å². The van der Waals surface area contributed by atoms with Crippen LogP contribution in [0.1, 0.15) is 22.3 Å². The number of hydrogen-bond acceptors (Lipinski definition) is 1. The number of anilines is 1. The van der Waals surface area contributed by atoms with Gasteiger partial charge in [0.1, 0.15) is 0 Å². The molecule has 0 heterocycles. The second-order valence-corrected chi connectivity index (χ2v) is 24.0. The van der Waals surface area contributed by atoms with E-state index in [1.165, 1.54) is 54.6 Å². The van der Waals surface area contributed by atoms with Crippen molar-refractivity contribution >= 4 is 43.3 Å². The Labute approximate surface area is 296 Å². The van der Waals surface area contributed by atoms with Gasteiger partial charge < -0.3 is 0 Å². The molecule has 8 rings (SSSR count). The SMILES string of the molecule is [Al][N]([I-][Si](c1ccccc1)(c1ccccc1)c1ccccc1)c1ccc2c(c1)C(c1ccccc1)(c1ccccc1)c1ccccc1-2. The van der Waals surface area contributed by atoms with Crippen LogP contribution in [0.4, 0.5) is 5.69 Å². The van der Waals surface area contributed by atoms with Gasteiger partial charge in [0.2, 0.25) is 0 Å². The molecule has 4 heteroatoms. The van der Waals surface area contributed by atoms with Crippen molar-refractivity contribution in [2.45, 2.75) is 5.41 Å². The van der Waals surface area contributed by atoms with Crippen molar-refractivity contribution in [3.05, 3.63) is 216 Å². The van der Waals surface area contributed by atoms with Gasteiger partial charge in [0, 0.05) is 0 Å². The molecular formula is C43H32AlINSi-. The van der Waals surface area contributed by atoms with Crippen LogP contribution in [0.5, 0.6) is 0 Å². The van der Waals surface area contributed by atoms with E-state index in [-0.39, 0.29) is 0 Å². The van der Waals surface area contributed by atoms with Crippen LogP contribution < -0.4 is 38.3 Å². The van der Waals surface area contributed by atoms with Gasteiger partial charge in [-0.1, -0.05) is 0 Å². The van der Waals surface area contributed by atoms with E-state index in [9.17, 15) is 0 Å². The summed E-state index contributed by atoms with van der Waals surface area (Å²) in [6, 6.07) is 72.2. The average molecular weight is 745 g/mol. The summed E-state index contributed by atoms with van der Waals surface area (Å²) in [6.45, 7) is 0. The van der Waals surface area contributed by atoms with Crippen LogP contribution in [0.2, 0.25) is 0 Å². The number of rotatable bonds is 8. The number of nitrogens with zero attached hydrogens (tertiary/aromatic N) is 1. The molecule has 0 N–H and O–H groups in total. The fourth-order valence-electron chi connectivity index (χ4n) is 7.40. The van der Waals surface area contributed by atoms with E-state index in [4.69, 9.17) is 0 Å². The van der Waals surface area contributed by atoms with E-state index in [0.29, 0.717) is 0 Å². The molecule has 7 aromatic rings. The van der Waals surface area contributed by atoms with Crippen molar-refractivity contribution in [2.24, 2.45) is 0 Å². The van der Waals surface area contributed by atoms with E-state index < -0.39 is 31.7 Å². The van der Waals surface area contributed by atoms with Crippen LogP contribution in [0.3, 0.4) is 0 Å². The Hall–Kier alpha value is -4.18. The quantitative estimate of drug-likeness (QED) is 0.0724. The maximum absolute atomic E-state index is 3.17. The predicted octanol–water partition coefficient (Wildman–Crippen LogP) is 4.61. The molecule has 47 heavy (non-hydrogen) atoms. The molecule has 0 fully saturated rings. The molecule has 1 aliphatic carbocycles. The van der Waals surface area contributed by atoms with Gasteiger partial charge in [-0.3, -0.25) is 0 Å². The Bertz CT molecular complexity index is 1990. The zero-order valence-corrected chi connectivity index (χ0v) is 30.2. The van der Waals surface area contributed by atoms with Crippen LogP contribution in [0, 0.1) is 0 Å². The number of benzene rings is 7. The monoisotopic (exact) mass is 744 g/mol. The fraction of sp³-hybridized carbons (Fsp3) is 0.0233. The third-order valence-corrected chi connectivity index (χ3v) is 25.4. The van der Waals surface area contributed by atoms with E-state index in [1.54, 1.807) is 0 Å². The molecule has 0 aliphatic heterocycles. The average Bonchev–Trinajstić information content (AvgIpc) is 3.46. The van der Waals surface area contributed by atoms with Crippen LogP contribution in [-0.2, 0) is 5.41 Å². The molecule has 0 saturated carbocycles. The molecular weight excluding hydrogens is 712 g/mol. The summed E-state index contributed by atoms with van der Waals surface area (Å²) in [7, 11) is 0. The van der Waals surface area contributed by atoms with Gasteiger partial charge in [0.25, 0.3) is 0 Å². The van der Waals surface area contributed by atoms with Gasteiger partial charge in [-0.25, -0.2) is 0 Å². The van der Waals surface area contributed by atoms with E-state index >= 15 is 0 Å². The summed E-state index contributed by atoms with van der Waals surface area (Å²) < 4.78 is 2.54. The Morgan fingerprint density at radius 3 is 1.32 bits per heavy atom. The first-order chi connectivity index (χ1) is 23.2. The zero-order chi connectivity index (χ0) is 31.7. The van der Waals surface area contributed by atoms with Crippen LogP contribution in [0.25, 0.3) is 11.1 Å². The molecule has 0 unspecified atom stereocenters. The standard InChI is InChI=1S/C43H32INSi.Al/c1-6-18-33(19-7-1)43(34-20-8-2-9-21-34)41-29-17-16-28-39(41)40-31-30-35(32-42(40)43)45-44-46(36-22-10-3-11-23-36,37-24-12-4-13-25-37)38-26-14-5-15-27-38;/h1-32H;/q-2;+1. The summed E-state index contributed by atoms with van der Waals surface area (Å²) in [4.78, 5) is 0. The zero-order valence-electron chi connectivity index (χ0n) is 25.9. The molecule has 0 amide bonds. The first-order valence-electron chi connectivity index (χ1n) is 16.0. The molecule has 0 atom stereocenters. The topological polar surface area (TPSA) is 3.24 Å². The second-order valence-electron chi connectivity index (χ2n) is 11.9. The Kier molecular flexibility index (Phi) is 8.21.